The van der Waals surface area contributed by atoms with Crippen LogP contribution >= 0.6 is 0 Å². The van der Waals surface area contributed by atoms with E-state index in [4.69, 9.17) is 4.74 Å². The molecule has 3 heterocycles. The van der Waals surface area contributed by atoms with Crippen LogP contribution in [-0.2, 0) is 13.2 Å². The molecule has 1 amide bonds. The average molecular weight is 492 g/mol. The minimum Gasteiger partial charge on any atom is -0.483 e. The smallest absolute Gasteiger partial charge is 0.275 e. The maximum absolute atomic E-state index is 13.9. The maximum atomic E-state index is 13.9. The lowest BCUT2D eigenvalue weighted by molar-refractivity contribution is 0.0450. The van der Waals surface area contributed by atoms with E-state index >= 15 is 0 Å². The molecule has 0 bridgehead atoms. The third-order valence-electron chi connectivity index (χ3n) is 7.37. The summed E-state index contributed by atoms with van der Waals surface area (Å²) in [5.41, 5.74) is 4.02. The predicted molar refractivity (Wildman–Crippen MR) is 142 cm³/mol. The standard InChI is InChI=1S/C31H29N3O3/c1-22-19-32-20-26-33(27(24-13-7-3-8-14-24)25-15-9-4-10-16-25)17-18-34(26)31(36)28(32)30(29(22)35)37-21-23-11-5-2-6-12-23/h2-16,19,26-27H,17-18,20-21H2,1H3. The van der Waals surface area contributed by atoms with Crippen LogP contribution in [0, 0.1) is 6.92 Å². The van der Waals surface area contributed by atoms with Gasteiger partial charge in [0.1, 0.15) is 12.8 Å². The van der Waals surface area contributed by atoms with Crippen molar-refractivity contribution in [3.63, 3.8) is 0 Å². The zero-order chi connectivity index (χ0) is 25.4. The van der Waals surface area contributed by atoms with E-state index in [1.54, 1.807) is 13.1 Å². The van der Waals surface area contributed by atoms with E-state index in [0.29, 0.717) is 24.3 Å². The number of aryl methyl sites for hydroxylation is 1. The Labute approximate surface area is 216 Å². The van der Waals surface area contributed by atoms with Gasteiger partial charge < -0.3 is 14.2 Å². The first-order chi connectivity index (χ1) is 18.1. The summed E-state index contributed by atoms with van der Waals surface area (Å²) >= 11 is 0. The number of aromatic nitrogens is 1. The van der Waals surface area contributed by atoms with E-state index in [0.717, 1.165) is 12.1 Å². The highest BCUT2D eigenvalue weighted by Crippen LogP contribution is 2.37. The Morgan fingerprint density at radius 2 is 1.43 bits per heavy atom. The van der Waals surface area contributed by atoms with Gasteiger partial charge in [-0.1, -0.05) is 91.0 Å². The predicted octanol–water partition coefficient (Wildman–Crippen LogP) is 4.62. The van der Waals surface area contributed by atoms with Crippen molar-refractivity contribution in [2.24, 2.45) is 0 Å². The fourth-order valence-corrected chi connectivity index (χ4v) is 5.60. The molecule has 0 spiro atoms. The molecule has 2 aliphatic rings. The van der Waals surface area contributed by atoms with Gasteiger partial charge in [-0.05, 0) is 23.6 Å². The molecule has 0 saturated carbocycles. The lowest BCUT2D eigenvalue weighted by atomic mass is 9.96. The number of pyridine rings is 1. The monoisotopic (exact) mass is 491 g/mol. The maximum Gasteiger partial charge on any atom is 0.275 e. The summed E-state index contributed by atoms with van der Waals surface area (Å²) in [6, 6.07) is 30.6. The van der Waals surface area contributed by atoms with Gasteiger partial charge >= 0.3 is 0 Å². The summed E-state index contributed by atoms with van der Waals surface area (Å²) in [5.74, 6) is -0.00722. The third kappa shape index (κ3) is 4.23. The number of carbonyl (C=O) groups is 1. The van der Waals surface area contributed by atoms with E-state index in [1.165, 1.54) is 11.1 Å². The summed E-state index contributed by atoms with van der Waals surface area (Å²) in [5, 5.41) is 0. The number of nitrogens with zero attached hydrogens (tertiary/aromatic N) is 3. The number of carbonyl (C=O) groups excluding carboxylic acids is 1. The highest BCUT2D eigenvalue weighted by atomic mass is 16.5. The molecule has 3 aromatic carbocycles. The van der Waals surface area contributed by atoms with Gasteiger partial charge in [0.2, 0.25) is 5.43 Å². The minimum atomic E-state index is -0.225. The SMILES string of the molecule is Cc1cn2c(c(OCc3ccccc3)c1=O)C(=O)N1CCN(C(c3ccccc3)c3ccccc3)C1C2. The van der Waals surface area contributed by atoms with Crippen LogP contribution in [0.25, 0.3) is 0 Å². The molecule has 0 N–H and O–H groups in total. The molecule has 37 heavy (non-hydrogen) atoms. The number of rotatable bonds is 6. The van der Waals surface area contributed by atoms with Crippen molar-refractivity contribution in [3.8, 4) is 5.75 Å². The summed E-state index contributed by atoms with van der Waals surface area (Å²) in [4.78, 5) is 31.3. The van der Waals surface area contributed by atoms with Crippen LogP contribution in [0.4, 0.5) is 0 Å². The van der Waals surface area contributed by atoms with Gasteiger partial charge in [0.15, 0.2) is 11.4 Å². The van der Waals surface area contributed by atoms with E-state index in [1.807, 2.05) is 51.9 Å². The molecule has 6 rings (SSSR count). The van der Waals surface area contributed by atoms with Crippen LogP contribution in [0.5, 0.6) is 5.75 Å². The number of hydrogen-bond donors (Lipinski definition) is 0. The number of benzene rings is 3. The largest absolute Gasteiger partial charge is 0.483 e. The Hall–Kier alpha value is -4.16. The molecule has 0 radical (unpaired) electrons. The molecule has 1 atom stereocenters. The fraction of sp³-hybridized carbons (Fsp3) is 0.226. The molecular weight excluding hydrogens is 462 g/mol. The second-order valence-electron chi connectivity index (χ2n) is 9.69. The van der Waals surface area contributed by atoms with Crippen molar-refractivity contribution in [1.29, 1.82) is 0 Å². The van der Waals surface area contributed by atoms with Crippen LogP contribution in [0.2, 0.25) is 0 Å². The van der Waals surface area contributed by atoms with Crippen LogP contribution in [-0.4, -0.2) is 39.5 Å². The van der Waals surface area contributed by atoms with Crippen molar-refractivity contribution in [1.82, 2.24) is 14.4 Å². The fourth-order valence-electron chi connectivity index (χ4n) is 5.60. The van der Waals surface area contributed by atoms with Crippen LogP contribution in [0.3, 0.4) is 0 Å². The van der Waals surface area contributed by atoms with E-state index in [9.17, 15) is 9.59 Å². The first-order valence-electron chi connectivity index (χ1n) is 12.7. The summed E-state index contributed by atoms with van der Waals surface area (Å²) in [6.45, 7) is 3.92. The van der Waals surface area contributed by atoms with Gasteiger partial charge in [-0.2, -0.15) is 0 Å². The second-order valence-corrected chi connectivity index (χ2v) is 9.69. The third-order valence-corrected chi connectivity index (χ3v) is 7.37. The van der Waals surface area contributed by atoms with Crippen molar-refractivity contribution >= 4 is 5.91 Å². The van der Waals surface area contributed by atoms with E-state index < -0.39 is 0 Å². The number of fused-ring (bicyclic) bond motifs is 2. The normalized spacial score (nSPS) is 17.1. The highest BCUT2D eigenvalue weighted by Gasteiger charge is 2.45. The molecular formula is C31H29N3O3. The van der Waals surface area contributed by atoms with E-state index in [-0.39, 0.29) is 35.9 Å². The van der Waals surface area contributed by atoms with E-state index in [2.05, 4.69) is 53.4 Å². The molecule has 1 unspecified atom stereocenters. The van der Waals surface area contributed by atoms with Gasteiger partial charge in [-0.3, -0.25) is 14.5 Å². The van der Waals surface area contributed by atoms with Crippen molar-refractivity contribution in [2.45, 2.75) is 32.3 Å². The molecule has 6 nitrogen and oxygen atoms in total. The Balaban J connectivity index is 1.37. The van der Waals surface area contributed by atoms with Gasteiger partial charge in [-0.15, -0.1) is 0 Å². The van der Waals surface area contributed by atoms with Gasteiger partial charge in [0.25, 0.3) is 5.91 Å². The molecule has 0 aliphatic carbocycles. The first-order valence-corrected chi connectivity index (χ1v) is 12.7. The van der Waals surface area contributed by atoms with Gasteiger partial charge in [0.05, 0.1) is 12.6 Å². The lowest BCUT2D eigenvalue weighted by Gasteiger charge is -2.40. The average Bonchev–Trinajstić information content (AvgIpc) is 3.35. The minimum absolute atomic E-state index is 0.0148. The second kappa shape index (κ2) is 9.71. The number of amides is 1. The molecule has 4 aromatic rings. The Morgan fingerprint density at radius 1 is 0.838 bits per heavy atom. The molecule has 2 aliphatic heterocycles. The summed E-state index contributed by atoms with van der Waals surface area (Å²) < 4.78 is 7.96. The Bertz CT molecular complexity index is 1430. The number of ether oxygens (including phenoxy) is 1. The number of hydrogen-bond acceptors (Lipinski definition) is 4. The van der Waals surface area contributed by atoms with Gasteiger partial charge in [0, 0.05) is 24.8 Å². The Morgan fingerprint density at radius 3 is 2.05 bits per heavy atom. The van der Waals surface area contributed by atoms with Crippen LogP contribution < -0.4 is 10.2 Å². The molecule has 1 fully saturated rings. The van der Waals surface area contributed by atoms with Crippen molar-refractivity contribution in [2.75, 3.05) is 13.1 Å². The lowest BCUT2D eigenvalue weighted by Crippen LogP contribution is -2.51. The quantitative estimate of drug-likeness (QED) is 0.395. The Kier molecular flexibility index (Phi) is 6.10. The summed E-state index contributed by atoms with van der Waals surface area (Å²) in [6.07, 6.45) is 1.67. The van der Waals surface area contributed by atoms with Gasteiger partial charge in [-0.25, -0.2) is 0 Å². The zero-order valence-electron chi connectivity index (χ0n) is 20.8. The van der Waals surface area contributed by atoms with Crippen LogP contribution in [0.15, 0.2) is 102 Å². The highest BCUT2D eigenvalue weighted by molar-refractivity contribution is 5.96. The molecule has 6 heteroatoms. The molecule has 1 saturated heterocycles. The van der Waals surface area contributed by atoms with Crippen LogP contribution in [0.1, 0.15) is 38.8 Å². The first kappa shape index (κ1) is 23.3. The van der Waals surface area contributed by atoms with Crippen molar-refractivity contribution in [3.05, 3.63) is 135 Å². The summed E-state index contributed by atoms with van der Waals surface area (Å²) in [7, 11) is 0. The van der Waals surface area contributed by atoms with Crippen molar-refractivity contribution < 1.29 is 9.53 Å². The molecule has 1 aromatic heterocycles. The topological polar surface area (TPSA) is 54.8 Å². The zero-order valence-corrected chi connectivity index (χ0v) is 20.8. The molecule has 186 valence electrons.